The van der Waals surface area contributed by atoms with Crippen LogP contribution in [0.25, 0.3) is 22.6 Å². The molecule has 3 aromatic heterocycles. The lowest BCUT2D eigenvalue weighted by Gasteiger charge is -2.10. The van der Waals surface area contributed by atoms with Crippen LogP contribution in [0.3, 0.4) is 0 Å². The smallest absolute Gasteiger partial charge is 0.299 e. The molecular weight excluding hydrogens is 501 g/mol. The van der Waals surface area contributed by atoms with Crippen LogP contribution in [0.4, 0.5) is 0 Å². The second-order valence-electron chi connectivity index (χ2n) is 7.20. The van der Waals surface area contributed by atoms with Crippen LogP contribution in [0.15, 0.2) is 59.4 Å². The number of methoxy groups -OCH3 is 1. The Hall–Kier alpha value is -3.46. The van der Waals surface area contributed by atoms with Crippen LogP contribution < -0.4 is 4.74 Å². The highest BCUT2D eigenvalue weighted by Gasteiger charge is 2.28. The van der Waals surface area contributed by atoms with Crippen molar-refractivity contribution in [2.24, 2.45) is 0 Å². The molecule has 0 aliphatic carbocycles. The van der Waals surface area contributed by atoms with Crippen molar-refractivity contribution in [1.82, 2.24) is 24.7 Å². The van der Waals surface area contributed by atoms with Crippen molar-refractivity contribution in [3.63, 3.8) is 0 Å². The van der Waals surface area contributed by atoms with E-state index in [0.717, 1.165) is 5.56 Å². The predicted octanol–water partition coefficient (Wildman–Crippen LogP) is 5.73. The van der Waals surface area contributed by atoms with Gasteiger partial charge in [-0.05, 0) is 42.0 Å². The van der Waals surface area contributed by atoms with Gasteiger partial charge in [-0.2, -0.15) is 4.98 Å². The monoisotopic (exact) mass is 513 g/mol. The van der Waals surface area contributed by atoms with Crippen molar-refractivity contribution >= 4 is 51.5 Å². The molecule has 170 valence electrons. The summed E-state index contributed by atoms with van der Waals surface area (Å²) in [5, 5.41) is 5.59. The van der Waals surface area contributed by atoms with Crippen molar-refractivity contribution in [2.45, 2.75) is 6.54 Å². The molecular formula is C23H14Cl3N5O3. The van der Waals surface area contributed by atoms with E-state index in [0.29, 0.717) is 33.2 Å². The quantitative estimate of drug-likeness (QED) is 0.267. The summed E-state index contributed by atoms with van der Waals surface area (Å²) in [6.45, 7) is 0.303. The number of halogens is 3. The number of rotatable bonds is 6. The van der Waals surface area contributed by atoms with Gasteiger partial charge in [0, 0.05) is 27.8 Å². The van der Waals surface area contributed by atoms with Gasteiger partial charge in [-0.3, -0.25) is 4.79 Å². The van der Waals surface area contributed by atoms with E-state index in [1.54, 1.807) is 54.4 Å². The van der Waals surface area contributed by atoms with E-state index in [4.69, 9.17) is 44.1 Å². The maximum Gasteiger partial charge on any atom is 0.299 e. The molecule has 0 amide bonds. The van der Waals surface area contributed by atoms with Crippen LogP contribution in [-0.2, 0) is 6.54 Å². The van der Waals surface area contributed by atoms with E-state index in [1.807, 2.05) is 12.1 Å². The summed E-state index contributed by atoms with van der Waals surface area (Å²) >= 11 is 19.2. The molecule has 0 saturated heterocycles. The molecule has 34 heavy (non-hydrogen) atoms. The number of carbonyl (C=O) groups excluding carboxylic acids is 1. The van der Waals surface area contributed by atoms with Gasteiger partial charge in [-0.1, -0.05) is 46.0 Å². The number of benzene rings is 2. The van der Waals surface area contributed by atoms with Gasteiger partial charge in [0.05, 0.1) is 24.7 Å². The van der Waals surface area contributed by atoms with Gasteiger partial charge in [0.15, 0.2) is 0 Å². The third-order valence-corrected chi connectivity index (χ3v) is 6.14. The van der Waals surface area contributed by atoms with Crippen molar-refractivity contribution in [3.8, 4) is 17.4 Å². The largest absolute Gasteiger partial charge is 0.497 e. The van der Waals surface area contributed by atoms with E-state index < -0.39 is 5.78 Å². The minimum atomic E-state index is -0.543. The normalized spacial score (nSPS) is 11.2. The molecule has 2 aromatic carbocycles. The Morgan fingerprint density at radius 1 is 1.06 bits per heavy atom. The van der Waals surface area contributed by atoms with E-state index >= 15 is 0 Å². The van der Waals surface area contributed by atoms with Gasteiger partial charge < -0.3 is 13.8 Å². The average molecular weight is 515 g/mol. The maximum absolute atomic E-state index is 13.5. The number of fused-ring (bicyclic) bond motifs is 1. The summed E-state index contributed by atoms with van der Waals surface area (Å²) in [6, 6.07) is 12.2. The zero-order valence-electron chi connectivity index (χ0n) is 17.5. The highest BCUT2D eigenvalue weighted by molar-refractivity contribution is 6.37. The molecule has 8 nitrogen and oxygen atoms in total. The van der Waals surface area contributed by atoms with Crippen LogP contribution in [-0.4, -0.2) is 37.6 Å². The second kappa shape index (κ2) is 9.06. The summed E-state index contributed by atoms with van der Waals surface area (Å²) in [5.41, 5.74) is 1.68. The summed E-state index contributed by atoms with van der Waals surface area (Å²) in [4.78, 5) is 25.8. The SMILES string of the molecule is COc1ccc2c(c1)c(C(=O)c1nc(-c3ncccn3)no1)c(Cl)n2Cc1ccc(Cl)cc1Cl. The molecule has 5 aromatic rings. The van der Waals surface area contributed by atoms with Gasteiger partial charge in [0.25, 0.3) is 11.7 Å². The summed E-state index contributed by atoms with van der Waals surface area (Å²) in [5.74, 6) is 0.102. The van der Waals surface area contributed by atoms with Gasteiger partial charge in [0.2, 0.25) is 11.6 Å². The van der Waals surface area contributed by atoms with Crippen molar-refractivity contribution in [1.29, 1.82) is 0 Å². The zero-order chi connectivity index (χ0) is 23.8. The van der Waals surface area contributed by atoms with Gasteiger partial charge in [0.1, 0.15) is 10.9 Å². The molecule has 0 aliphatic rings. The lowest BCUT2D eigenvalue weighted by atomic mass is 10.1. The van der Waals surface area contributed by atoms with E-state index in [9.17, 15) is 4.79 Å². The van der Waals surface area contributed by atoms with Crippen LogP contribution >= 0.6 is 34.8 Å². The Labute approximate surface area is 208 Å². The molecule has 5 rings (SSSR count). The Balaban J connectivity index is 1.62. The molecule has 0 atom stereocenters. The number of aromatic nitrogens is 5. The topological polar surface area (TPSA) is 95.9 Å². The molecule has 11 heteroatoms. The first-order chi connectivity index (χ1) is 16.5. The summed E-state index contributed by atoms with van der Waals surface area (Å²) in [6.07, 6.45) is 3.08. The first-order valence-corrected chi connectivity index (χ1v) is 11.0. The average Bonchev–Trinajstić information content (AvgIpc) is 3.44. The minimum Gasteiger partial charge on any atom is -0.497 e. The second-order valence-corrected chi connectivity index (χ2v) is 8.40. The first-order valence-electron chi connectivity index (χ1n) is 9.91. The standard InChI is InChI=1S/C23H14Cl3N5O3/c1-33-14-5-6-17-15(10-14)18(20(26)31(17)11-12-3-4-13(24)9-16(12)25)19(32)23-29-22(30-34-23)21-27-7-2-8-28-21/h2-10H,11H2,1H3. The lowest BCUT2D eigenvalue weighted by Crippen LogP contribution is -2.04. The molecule has 0 spiro atoms. The lowest BCUT2D eigenvalue weighted by molar-refractivity contribution is 0.0995. The predicted molar refractivity (Wildman–Crippen MR) is 128 cm³/mol. The molecule has 0 unspecified atom stereocenters. The van der Waals surface area contributed by atoms with Crippen LogP contribution in [0.1, 0.15) is 21.8 Å². The molecule has 3 heterocycles. The molecule has 0 saturated carbocycles. The van der Waals surface area contributed by atoms with Gasteiger partial charge in [-0.25, -0.2) is 9.97 Å². The third-order valence-electron chi connectivity index (χ3n) is 5.16. The van der Waals surface area contributed by atoms with E-state index in [-0.39, 0.29) is 28.3 Å². The van der Waals surface area contributed by atoms with Crippen molar-refractivity contribution < 1.29 is 14.1 Å². The Kier molecular flexibility index (Phi) is 5.95. The van der Waals surface area contributed by atoms with E-state index in [2.05, 4.69) is 20.1 Å². The highest BCUT2D eigenvalue weighted by atomic mass is 35.5. The number of ketones is 1. The fraction of sp³-hybridized carbons (Fsp3) is 0.0870. The van der Waals surface area contributed by atoms with E-state index in [1.165, 1.54) is 0 Å². The number of ether oxygens (including phenoxy) is 1. The van der Waals surface area contributed by atoms with Crippen molar-refractivity contribution in [2.75, 3.05) is 7.11 Å². The number of carbonyl (C=O) groups is 1. The van der Waals surface area contributed by atoms with Gasteiger partial charge in [-0.15, -0.1) is 0 Å². The Morgan fingerprint density at radius 3 is 2.59 bits per heavy atom. The molecule has 0 fully saturated rings. The van der Waals surface area contributed by atoms with Crippen molar-refractivity contribution in [3.05, 3.63) is 87.1 Å². The maximum atomic E-state index is 13.5. The first kappa shape index (κ1) is 22.3. The molecule has 0 N–H and O–H groups in total. The van der Waals surface area contributed by atoms with Crippen LogP contribution in [0.2, 0.25) is 15.2 Å². The van der Waals surface area contributed by atoms with Crippen LogP contribution in [0, 0.1) is 0 Å². The van der Waals surface area contributed by atoms with Gasteiger partial charge >= 0.3 is 0 Å². The molecule has 0 aliphatic heterocycles. The fourth-order valence-corrected chi connectivity index (χ4v) is 4.36. The summed E-state index contributed by atoms with van der Waals surface area (Å²) in [7, 11) is 1.54. The number of hydrogen-bond donors (Lipinski definition) is 0. The Morgan fingerprint density at radius 2 is 1.85 bits per heavy atom. The Bertz CT molecular complexity index is 1530. The summed E-state index contributed by atoms with van der Waals surface area (Å²) < 4.78 is 12.4. The number of nitrogens with zero attached hydrogens (tertiary/aromatic N) is 5. The fourth-order valence-electron chi connectivity index (χ4n) is 3.55. The zero-order valence-corrected chi connectivity index (χ0v) is 19.8. The number of hydrogen-bond acceptors (Lipinski definition) is 7. The highest BCUT2D eigenvalue weighted by Crippen LogP contribution is 2.35. The van der Waals surface area contributed by atoms with Crippen LogP contribution in [0.5, 0.6) is 5.75 Å². The minimum absolute atomic E-state index is 0.0920. The molecule has 0 radical (unpaired) electrons. The molecule has 0 bridgehead atoms. The third kappa shape index (κ3) is 4.00.